The van der Waals surface area contributed by atoms with Gasteiger partial charge in [-0.25, -0.2) is 4.39 Å². The van der Waals surface area contributed by atoms with Crippen molar-refractivity contribution in [1.82, 2.24) is 0 Å². The summed E-state index contributed by atoms with van der Waals surface area (Å²) in [6, 6.07) is 6.59. The highest BCUT2D eigenvalue weighted by atomic mass is 35.5. The molecule has 0 amide bonds. The molecule has 1 aromatic carbocycles. The summed E-state index contributed by atoms with van der Waals surface area (Å²) in [7, 11) is 0. The zero-order chi connectivity index (χ0) is 11.8. The first kappa shape index (κ1) is 11.1. The van der Waals surface area contributed by atoms with Crippen LogP contribution in [0.5, 0.6) is 0 Å². The summed E-state index contributed by atoms with van der Waals surface area (Å²) in [6.07, 6.45) is 4.31. The number of benzene rings is 1. The van der Waals surface area contributed by atoms with Crippen LogP contribution in [-0.4, -0.2) is 5.38 Å². The van der Waals surface area contributed by atoms with Crippen molar-refractivity contribution in [3.63, 3.8) is 0 Å². The van der Waals surface area contributed by atoms with Crippen LogP contribution in [-0.2, 0) is 0 Å². The molecule has 0 bridgehead atoms. The van der Waals surface area contributed by atoms with Gasteiger partial charge in [0.2, 0.25) is 0 Å². The molecule has 2 unspecified atom stereocenters. The molecule has 3 rings (SSSR count). The van der Waals surface area contributed by atoms with Gasteiger partial charge in [0.15, 0.2) is 0 Å². The number of halogens is 2. The minimum absolute atomic E-state index is 0.219. The van der Waals surface area contributed by atoms with Crippen molar-refractivity contribution < 1.29 is 8.81 Å². The molecule has 1 aliphatic carbocycles. The fourth-order valence-corrected chi connectivity index (χ4v) is 2.99. The minimum Gasteiger partial charge on any atom is -0.461 e. The molecule has 90 valence electrons. The number of hydrogen-bond donors (Lipinski definition) is 0. The maximum absolute atomic E-state index is 13.1. The van der Waals surface area contributed by atoms with Crippen molar-refractivity contribution in [2.45, 2.75) is 37.0 Å². The Labute approximate surface area is 105 Å². The summed E-state index contributed by atoms with van der Waals surface area (Å²) in [5.41, 5.74) is 0.762. The van der Waals surface area contributed by atoms with E-state index in [2.05, 4.69) is 0 Å². The minimum atomic E-state index is -0.219. The first-order valence-corrected chi connectivity index (χ1v) is 6.49. The average Bonchev–Trinajstić information content (AvgIpc) is 2.72. The van der Waals surface area contributed by atoms with Crippen LogP contribution >= 0.6 is 11.6 Å². The third kappa shape index (κ3) is 2.19. The van der Waals surface area contributed by atoms with E-state index in [9.17, 15) is 4.39 Å². The van der Waals surface area contributed by atoms with Crippen molar-refractivity contribution in [3.8, 4) is 0 Å². The van der Waals surface area contributed by atoms with Crippen molar-refractivity contribution in [3.05, 3.63) is 35.8 Å². The number of alkyl halides is 1. The molecule has 1 fully saturated rings. The maximum atomic E-state index is 13.1. The van der Waals surface area contributed by atoms with Crippen molar-refractivity contribution >= 4 is 22.6 Å². The maximum Gasteiger partial charge on any atom is 0.134 e. The monoisotopic (exact) mass is 252 g/mol. The van der Waals surface area contributed by atoms with E-state index in [-0.39, 0.29) is 11.2 Å². The number of furan rings is 1. The Hall–Kier alpha value is -1.02. The highest BCUT2D eigenvalue weighted by Crippen LogP contribution is 2.37. The summed E-state index contributed by atoms with van der Waals surface area (Å²) in [6.45, 7) is 0. The number of rotatable bonds is 1. The van der Waals surface area contributed by atoms with Crippen molar-refractivity contribution in [1.29, 1.82) is 0 Å². The zero-order valence-electron chi connectivity index (χ0n) is 9.46. The summed E-state index contributed by atoms with van der Waals surface area (Å²) in [5.74, 6) is 1.13. The lowest BCUT2D eigenvalue weighted by Gasteiger charge is -2.23. The van der Waals surface area contributed by atoms with E-state index in [0.717, 1.165) is 42.4 Å². The van der Waals surface area contributed by atoms with Gasteiger partial charge in [0.1, 0.15) is 17.2 Å². The van der Waals surface area contributed by atoms with Crippen molar-refractivity contribution in [2.24, 2.45) is 0 Å². The number of fused-ring (bicyclic) bond motifs is 1. The Balaban J connectivity index is 1.94. The lowest BCUT2D eigenvalue weighted by Crippen LogP contribution is -2.13. The van der Waals surface area contributed by atoms with Crippen LogP contribution in [0.15, 0.2) is 28.7 Å². The molecule has 2 atom stereocenters. The predicted molar refractivity (Wildman–Crippen MR) is 67.0 cm³/mol. The lowest BCUT2D eigenvalue weighted by molar-refractivity contribution is 0.389. The molecule has 1 heterocycles. The second kappa shape index (κ2) is 4.34. The summed E-state index contributed by atoms with van der Waals surface area (Å²) in [5, 5.41) is 1.09. The second-order valence-electron chi connectivity index (χ2n) is 4.79. The second-order valence-corrected chi connectivity index (χ2v) is 5.41. The number of hydrogen-bond acceptors (Lipinski definition) is 1. The van der Waals surface area contributed by atoms with Gasteiger partial charge in [0, 0.05) is 16.7 Å². The van der Waals surface area contributed by atoms with E-state index in [1.807, 2.05) is 6.07 Å². The van der Waals surface area contributed by atoms with Gasteiger partial charge in [-0.2, -0.15) is 0 Å². The quantitative estimate of drug-likeness (QED) is 0.662. The SMILES string of the molecule is Fc1ccc2oc(C3CCCC(Cl)C3)cc2c1. The molecule has 1 aromatic heterocycles. The molecule has 1 aliphatic rings. The molecule has 0 aliphatic heterocycles. The molecule has 3 heteroatoms. The summed E-state index contributed by atoms with van der Waals surface area (Å²) < 4.78 is 18.9. The third-order valence-corrected chi connectivity index (χ3v) is 3.91. The largest absolute Gasteiger partial charge is 0.461 e. The van der Waals surface area contributed by atoms with Gasteiger partial charge in [0.05, 0.1) is 0 Å². The van der Waals surface area contributed by atoms with Crippen LogP contribution < -0.4 is 0 Å². The fraction of sp³-hybridized carbons (Fsp3) is 0.429. The van der Waals surface area contributed by atoms with Crippen LogP contribution in [0, 0.1) is 5.82 Å². The first-order chi connectivity index (χ1) is 8.22. The molecular formula is C14H14ClFO. The van der Waals surface area contributed by atoms with Gasteiger partial charge in [-0.05, 0) is 43.5 Å². The van der Waals surface area contributed by atoms with Gasteiger partial charge >= 0.3 is 0 Å². The van der Waals surface area contributed by atoms with E-state index >= 15 is 0 Å². The highest BCUT2D eigenvalue weighted by molar-refractivity contribution is 6.20. The van der Waals surface area contributed by atoms with Gasteiger partial charge in [-0.15, -0.1) is 11.6 Å². The predicted octanol–water partition coefficient (Wildman–Crippen LogP) is 4.84. The van der Waals surface area contributed by atoms with Crippen molar-refractivity contribution in [2.75, 3.05) is 0 Å². The lowest BCUT2D eigenvalue weighted by atomic mass is 9.87. The van der Waals surface area contributed by atoms with Crippen LogP contribution in [0.3, 0.4) is 0 Å². The van der Waals surface area contributed by atoms with Gasteiger partial charge < -0.3 is 4.42 Å². The Morgan fingerprint density at radius 1 is 1.24 bits per heavy atom. The highest BCUT2D eigenvalue weighted by Gasteiger charge is 2.24. The molecule has 1 saturated carbocycles. The van der Waals surface area contributed by atoms with Crippen LogP contribution in [0.4, 0.5) is 4.39 Å². The Bertz CT molecular complexity index is 534. The van der Waals surface area contributed by atoms with Gasteiger partial charge in [-0.3, -0.25) is 0 Å². The van der Waals surface area contributed by atoms with Crippen LogP contribution in [0.2, 0.25) is 0 Å². The van der Waals surface area contributed by atoms with E-state index in [1.54, 1.807) is 6.07 Å². The topological polar surface area (TPSA) is 13.1 Å². The van der Waals surface area contributed by atoms with Gasteiger partial charge in [0.25, 0.3) is 0 Å². The third-order valence-electron chi connectivity index (χ3n) is 3.51. The molecule has 2 aromatic rings. The smallest absolute Gasteiger partial charge is 0.134 e. The molecule has 1 nitrogen and oxygen atoms in total. The Morgan fingerprint density at radius 2 is 2.12 bits per heavy atom. The molecule has 0 N–H and O–H groups in total. The standard InChI is InChI=1S/C14H14ClFO/c15-11-3-1-2-9(6-11)14-8-10-7-12(16)4-5-13(10)17-14/h4-5,7-9,11H,1-3,6H2. The molecular weight excluding hydrogens is 239 g/mol. The molecule has 0 spiro atoms. The van der Waals surface area contributed by atoms with E-state index in [0.29, 0.717) is 5.92 Å². The van der Waals surface area contributed by atoms with E-state index in [1.165, 1.54) is 12.1 Å². The summed E-state index contributed by atoms with van der Waals surface area (Å²) >= 11 is 6.18. The molecule has 0 radical (unpaired) electrons. The summed E-state index contributed by atoms with van der Waals surface area (Å²) in [4.78, 5) is 0. The van der Waals surface area contributed by atoms with E-state index < -0.39 is 0 Å². The first-order valence-electron chi connectivity index (χ1n) is 6.05. The molecule has 17 heavy (non-hydrogen) atoms. The Kier molecular flexibility index (Phi) is 2.83. The van der Waals surface area contributed by atoms with Gasteiger partial charge in [-0.1, -0.05) is 6.42 Å². The van der Waals surface area contributed by atoms with E-state index in [4.69, 9.17) is 16.0 Å². The average molecular weight is 253 g/mol. The van der Waals surface area contributed by atoms with Crippen LogP contribution in [0.25, 0.3) is 11.0 Å². The normalized spacial score (nSPS) is 25.3. The zero-order valence-corrected chi connectivity index (χ0v) is 10.2. The Morgan fingerprint density at radius 3 is 2.94 bits per heavy atom. The van der Waals surface area contributed by atoms with Crippen LogP contribution in [0.1, 0.15) is 37.4 Å². The molecule has 0 saturated heterocycles. The fourth-order valence-electron chi connectivity index (χ4n) is 2.62.